The lowest BCUT2D eigenvalue weighted by atomic mass is 10.1. The summed E-state index contributed by atoms with van der Waals surface area (Å²) in [5, 5.41) is 12.7. The normalized spacial score (nSPS) is 11.3. The van der Waals surface area contributed by atoms with E-state index in [2.05, 4.69) is 10.3 Å². The van der Waals surface area contributed by atoms with Crippen LogP contribution in [0, 0.1) is 0 Å². The highest BCUT2D eigenvalue weighted by Gasteiger charge is 2.15. The van der Waals surface area contributed by atoms with E-state index in [1.54, 1.807) is 55.6 Å². The van der Waals surface area contributed by atoms with Crippen molar-refractivity contribution >= 4 is 44.1 Å². The van der Waals surface area contributed by atoms with Crippen LogP contribution >= 0.6 is 11.3 Å². The molecule has 3 aromatic rings. The van der Waals surface area contributed by atoms with Crippen molar-refractivity contribution in [2.45, 2.75) is 0 Å². The lowest BCUT2D eigenvalue weighted by molar-refractivity contribution is -0.131. The number of nitrogens with one attached hydrogen (secondary N) is 1. The maximum atomic E-state index is 12.0. The van der Waals surface area contributed by atoms with Crippen LogP contribution in [-0.4, -0.2) is 28.9 Å². The third-order valence-corrected chi connectivity index (χ3v) is 4.31. The first-order valence-corrected chi connectivity index (χ1v) is 8.14. The number of anilines is 1. The van der Waals surface area contributed by atoms with Crippen LogP contribution in [-0.2, 0) is 9.59 Å². The fourth-order valence-electron chi connectivity index (χ4n) is 2.13. The number of benzene rings is 2. The molecule has 1 aromatic heterocycles. The molecule has 2 N–H and O–H groups in total. The van der Waals surface area contributed by atoms with E-state index >= 15 is 0 Å². The number of methoxy groups -OCH3 is 1. The second-order valence-electron chi connectivity index (χ2n) is 5.07. The number of nitrogens with zero attached hydrogens (tertiary/aromatic N) is 1. The maximum Gasteiger partial charge on any atom is 0.298 e. The zero-order valence-corrected chi connectivity index (χ0v) is 14.0. The van der Waals surface area contributed by atoms with Gasteiger partial charge in [0.25, 0.3) is 5.91 Å². The van der Waals surface area contributed by atoms with Gasteiger partial charge in [0.15, 0.2) is 5.13 Å². The fourth-order valence-corrected chi connectivity index (χ4v) is 3.02. The molecule has 0 saturated carbocycles. The summed E-state index contributed by atoms with van der Waals surface area (Å²) in [5.41, 5.74) is 1.15. The number of fused-ring (bicyclic) bond motifs is 1. The second-order valence-corrected chi connectivity index (χ2v) is 6.10. The zero-order chi connectivity index (χ0) is 17.8. The summed E-state index contributed by atoms with van der Waals surface area (Å²) in [6.07, 6.45) is 0.890. The molecule has 6 nitrogen and oxygen atoms in total. The number of rotatable bonds is 5. The van der Waals surface area contributed by atoms with Gasteiger partial charge in [-0.3, -0.25) is 14.9 Å². The van der Waals surface area contributed by atoms with Crippen LogP contribution in [0.5, 0.6) is 5.75 Å². The monoisotopic (exact) mass is 354 g/mol. The number of ketones is 1. The third kappa shape index (κ3) is 3.84. The molecule has 0 saturated heterocycles. The lowest BCUT2D eigenvalue weighted by Crippen LogP contribution is -2.21. The molecule has 0 aliphatic rings. The topological polar surface area (TPSA) is 88.5 Å². The first-order chi connectivity index (χ1) is 12.1. The van der Waals surface area contributed by atoms with Crippen molar-refractivity contribution in [2.75, 3.05) is 12.4 Å². The highest BCUT2D eigenvalue weighted by atomic mass is 32.1. The average Bonchev–Trinajstić information content (AvgIpc) is 3.03. The smallest absolute Gasteiger partial charge is 0.298 e. The van der Waals surface area contributed by atoms with Gasteiger partial charge < -0.3 is 9.84 Å². The molecule has 25 heavy (non-hydrogen) atoms. The SMILES string of the molecule is COc1ccc2nc(NC(=O)C(=O)/C=C(\O)c3ccccc3)sc2c1. The Morgan fingerprint density at radius 3 is 2.68 bits per heavy atom. The molecule has 0 fully saturated rings. The number of hydrogen-bond acceptors (Lipinski definition) is 6. The van der Waals surface area contributed by atoms with E-state index < -0.39 is 11.7 Å². The van der Waals surface area contributed by atoms with E-state index in [4.69, 9.17) is 4.74 Å². The van der Waals surface area contributed by atoms with Gasteiger partial charge in [-0.05, 0) is 18.2 Å². The molecule has 1 heterocycles. The van der Waals surface area contributed by atoms with Gasteiger partial charge in [-0.15, -0.1) is 0 Å². The molecule has 0 radical (unpaired) electrons. The van der Waals surface area contributed by atoms with Crippen molar-refractivity contribution in [2.24, 2.45) is 0 Å². The number of carbonyl (C=O) groups excluding carboxylic acids is 2. The molecule has 7 heteroatoms. The average molecular weight is 354 g/mol. The second kappa shape index (κ2) is 7.14. The van der Waals surface area contributed by atoms with Crippen LogP contribution in [0.25, 0.3) is 16.0 Å². The van der Waals surface area contributed by atoms with Crippen LogP contribution < -0.4 is 10.1 Å². The highest BCUT2D eigenvalue weighted by molar-refractivity contribution is 7.22. The fraction of sp³-hybridized carbons (Fsp3) is 0.0556. The summed E-state index contributed by atoms with van der Waals surface area (Å²) in [6.45, 7) is 0. The van der Waals surface area contributed by atoms with Crippen molar-refractivity contribution in [3.05, 3.63) is 60.2 Å². The van der Waals surface area contributed by atoms with Gasteiger partial charge in [-0.2, -0.15) is 0 Å². The highest BCUT2D eigenvalue weighted by Crippen LogP contribution is 2.29. The van der Waals surface area contributed by atoms with Gasteiger partial charge in [-0.1, -0.05) is 41.7 Å². The molecule has 0 bridgehead atoms. The quantitative estimate of drug-likeness (QED) is 0.416. The maximum absolute atomic E-state index is 12.0. The Morgan fingerprint density at radius 2 is 1.96 bits per heavy atom. The van der Waals surface area contributed by atoms with Gasteiger partial charge in [-0.25, -0.2) is 4.98 Å². The Balaban J connectivity index is 1.74. The summed E-state index contributed by atoms with van der Waals surface area (Å²) >= 11 is 1.23. The van der Waals surface area contributed by atoms with Gasteiger partial charge in [0, 0.05) is 11.6 Å². The molecule has 1 amide bonds. The Hall–Kier alpha value is -3.19. The van der Waals surface area contributed by atoms with Gasteiger partial charge in [0.2, 0.25) is 5.78 Å². The number of aliphatic hydroxyl groups excluding tert-OH is 1. The summed E-state index contributed by atoms with van der Waals surface area (Å²) in [5.74, 6) is -1.32. The summed E-state index contributed by atoms with van der Waals surface area (Å²) < 4.78 is 5.96. The Kier molecular flexibility index (Phi) is 4.76. The van der Waals surface area contributed by atoms with Gasteiger partial charge in [0.1, 0.15) is 11.5 Å². The molecule has 0 spiro atoms. The van der Waals surface area contributed by atoms with Crippen LogP contribution in [0.3, 0.4) is 0 Å². The van der Waals surface area contributed by atoms with E-state index in [0.29, 0.717) is 22.0 Å². The van der Waals surface area contributed by atoms with Crippen LogP contribution in [0.4, 0.5) is 5.13 Å². The third-order valence-electron chi connectivity index (χ3n) is 3.38. The first-order valence-electron chi connectivity index (χ1n) is 7.33. The Labute approximate surface area is 147 Å². The number of aliphatic hydroxyl groups is 1. The van der Waals surface area contributed by atoms with E-state index in [1.807, 2.05) is 0 Å². The molecular weight excluding hydrogens is 340 g/mol. The molecular formula is C18H14N2O4S. The number of ether oxygens (including phenoxy) is 1. The molecule has 0 aliphatic heterocycles. The van der Waals surface area contributed by atoms with Crippen molar-refractivity contribution in [3.63, 3.8) is 0 Å². The van der Waals surface area contributed by atoms with Crippen LogP contribution in [0.15, 0.2) is 54.6 Å². The van der Waals surface area contributed by atoms with E-state index in [1.165, 1.54) is 11.3 Å². The minimum absolute atomic E-state index is 0.269. The number of carbonyl (C=O) groups is 2. The van der Waals surface area contributed by atoms with E-state index in [-0.39, 0.29) is 5.76 Å². The Morgan fingerprint density at radius 1 is 1.20 bits per heavy atom. The summed E-state index contributed by atoms with van der Waals surface area (Å²) in [6, 6.07) is 13.8. The summed E-state index contributed by atoms with van der Waals surface area (Å²) in [7, 11) is 1.56. The number of aromatic nitrogens is 1. The lowest BCUT2D eigenvalue weighted by Gasteiger charge is -2.00. The molecule has 0 unspecified atom stereocenters. The van der Waals surface area contributed by atoms with Gasteiger partial charge >= 0.3 is 0 Å². The minimum Gasteiger partial charge on any atom is -0.507 e. The molecule has 0 atom stereocenters. The van der Waals surface area contributed by atoms with Crippen LogP contribution in [0.1, 0.15) is 5.56 Å². The molecule has 0 aliphatic carbocycles. The predicted octanol–water partition coefficient (Wildman–Crippen LogP) is 3.41. The minimum atomic E-state index is -0.867. The summed E-state index contributed by atoms with van der Waals surface area (Å²) in [4.78, 5) is 28.2. The largest absolute Gasteiger partial charge is 0.507 e. The number of thiazole rings is 1. The van der Waals surface area contributed by atoms with Crippen molar-refractivity contribution in [3.8, 4) is 5.75 Å². The first kappa shape index (κ1) is 16.7. The van der Waals surface area contributed by atoms with E-state index in [0.717, 1.165) is 10.8 Å². The Bertz CT molecular complexity index is 964. The standard InChI is InChI=1S/C18H14N2O4S/c1-24-12-7-8-13-16(9-12)25-18(19-13)20-17(23)15(22)10-14(21)11-5-3-2-4-6-11/h2-10,21H,1H3,(H,19,20,23)/b14-10-. The van der Waals surface area contributed by atoms with Crippen molar-refractivity contribution < 1.29 is 19.4 Å². The van der Waals surface area contributed by atoms with Crippen LogP contribution in [0.2, 0.25) is 0 Å². The van der Waals surface area contributed by atoms with E-state index in [9.17, 15) is 14.7 Å². The van der Waals surface area contributed by atoms with Crippen molar-refractivity contribution in [1.29, 1.82) is 0 Å². The van der Waals surface area contributed by atoms with Gasteiger partial charge in [0.05, 0.1) is 17.3 Å². The predicted molar refractivity (Wildman–Crippen MR) is 96.9 cm³/mol. The molecule has 3 rings (SSSR count). The van der Waals surface area contributed by atoms with Crippen molar-refractivity contribution in [1.82, 2.24) is 4.98 Å². The zero-order valence-electron chi connectivity index (χ0n) is 13.2. The molecule has 2 aromatic carbocycles. The number of hydrogen-bond donors (Lipinski definition) is 2. The molecule has 126 valence electrons. The number of amides is 1.